The predicted octanol–water partition coefficient (Wildman–Crippen LogP) is 3.02. The molecule has 1 fully saturated rings. The fraction of sp³-hybridized carbons (Fsp3) is 0.412. The quantitative estimate of drug-likeness (QED) is 0.508. The molecule has 3 aromatic rings. The molecule has 1 N–H and O–H groups in total. The van der Waals surface area contributed by atoms with Crippen molar-refractivity contribution in [3.63, 3.8) is 0 Å². The highest BCUT2D eigenvalue weighted by Crippen LogP contribution is 2.35. The third-order valence-electron chi connectivity index (χ3n) is 4.73. The lowest BCUT2D eigenvalue weighted by atomic mass is 10.2. The topological polar surface area (TPSA) is 71.8 Å². The minimum Gasteiger partial charge on any atom is -0.347 e. The van der Waals surface area contributed by atoms with E-state index >= 15 is 0 Å². The summed E-state index contributed by atoms with van der Waals surface area (Å²) in [5, 5.41) is 7.58. The number of rotatable bonds is 4. The van der Waals surface area contributed by atoms with E-state index < -0.39 is 30.3 Å². The number of nitrogens with zero attached hydrogens (tertiary/aromatic N) is 6. The van der Waals surface area contributed by atoms with Crippen LogP contribution in [0.4, 0.5) is 23.4 Å². The number of alkyl halides is 4. The van der Waals surface area contributed by atoms with Crippen molar-refractivity contribution >= 4 is 28.3 Å². The lowest BCUT2D eigenvalue weighted by Crippen LogP contribution is -2.41. The molecule has 1 unspecified atom stereocenters. The van der Waals surface area contributed by atoms with E-state index in [0.717, 1.165) is 0 Å². The van der Waals surface area contributed by atoms with Crippen LogP contribution in [0.5, 0.6) is 0 Å². The van der Waals surface area contributed by atoms with Gasteiger partial charge in [-0.3, -0.25) is 0 Å². The van der Waals surface area contributed by atoms with E-state index in [1.807, 2.05) is 0 Å². The fourth-order valence-corrected chi connectivity index (χ4v) is 3.46. The van der Waals surface area contributed by atoms with Gasteiger partial charge in [0.1, 0.15) is 5.15 Å². The van der Waals surface area contributed by atoms with Gasteiger partial charge in [0.05, 0.1) is 23.5 Å². The van der Waals surface area contributed by atoms with Gasteiger partial charge in [-0.05, 0) is 7.05 Å². The molecule has 154 valence electrons. The molecule has 0 aliphatic carbocycles. The Morgan fingerprint density at radius 3 is 2.72 bits per heavy atom. The number of pyridine rings is 1. The number of hydrogen-bond donors (Lipinski definition) is 1. The summed E-state index contributed by atoms with van der Waals surface area (Å²) in [5.74, 6) is -6.59. The van der Waals surface area contributed by atoms with Gasteiger partial charge in [-0.2, -0.15) is 8.78 Å². The Bertz CT molecular complexity index is 1070. The zero-order chi connectivity index (χ0) is 21.0. The summed E-state index contributed by atoms with van der Waals surface area (Å²) in [7, 11) is 1.47. The minimum absolute atomic E-state index is 0.0142. The summed E-state index contributed by atoms with van der Waals surface area (Å²) in [6.07, 6.45) is 2.60. The Morgan fingerprint density at radius 1 is 1.31 bits per heavy atom. The number of anilines is 1. The van der Waals surface area contributed by atoms with Crippen molar-refractivity contribution in [2.45, 2.75) is 24.8 Å². The van der Waals surface area contributed by atoms with Crippen LogP contribution < -0.4 is 10.2 Å². The van der Waals surface area contributed by atoms with Gasteiger partial charge >= 0.3 is 5.92 Å². The highest BCUT2D eigenvalue weighted by molar-refractivity contribution is 6.30. The molecule has 4 heterocycles. The lowest BCUT2D eigenvalue weighted by Gasteiger charge is -2.15. The first-order chi connectivity index (χ1) is 13.6. The molecule has 0 spiro atoms. The van der Waals surface area contributed by atoms with Crippen molar-refractivity contribution in [2.24, 2.45) is 0 Å². The van der Waals surface area contributed by atoms with E-state index in [4.69, 9.17) is 11.6 Å². The molecule has 0 bridgehead atoms. The first-order valence-electron chi connectivity index (χ1n) is 8.66. The molecule has 3 aromatic heterocycles. The van der Waals surface area contributed by atoms with Gasteiger partial charge in [0.15, 0.2) is 11.6 Å². The number of fused-ring (bicyclic) bond motifs is 1. The van der Waals surface area contributed by atoms with Gasteiger partial charge in [0, 0.05) is 38.0 Å². The number of aromatic nitrogens is 5. The highest BCUT2D eigenvalue weighted by Gasteiger charge is 2.48. The Hall–Kier alpha value is -2.53. The Morgan fingerprint density at radius 2 is 2.07 bits per heavy atom. The van der Waals surface area contributed by atoms with Crippen LogP contribution in [0.15, 0.2) is 24.5 Å². The SMILES string of the molecule is CNC1CN(c2nn(-c3ccnc(C(C)(F)F)n3)c3cc(Cl)ncc23)CC1(F)F. The standard InChI is InChI=1S/C17H16ClF4N7/c1-16(19,20)15-24-4-3-13(26-15)29-10-5-12(18)25-6-9(10)14(27-29)28-7-11(23-2)17(21,22)8-28/h3-6,11,23H,7-8H2,1-2H3. The predicted molar refractivity (Wildman–Crippen MR) is 99.0 cm³/mol. The van der Waals surface area contributed by atoms with E-state index in [0.29, 0.717) is 17.8 Å². The van der Waals surface area contributed by atoms with Crippen molar-refractivity contribution in [3.8, 4) is 5.82 Å². The third kappa shape index (κ3) is 3.48. The van der Waals surface area contributed by atoms with E-state index in [1.54, 1.807) is 0 Å². The zero-order valence-electron chi connectivity index (χ0n) is 15.4. The van der Waals surface area contributed by atoms with Crippen LogP contribution in [0.2, 0.25) is 5.15 Å². The summed E-state index contributed by atoms with van der Waals surface area (Å²) in [4.78, 5) is 12.9. The Balaban J connectivity index is 1.86. The summed E-state index contributed by atoms with van der Waals surface area (Å²) in [5.41, 5.74) is 0.403. The average Bonchev–Trinajstić information content (AvgIpc) is 3.17. The Labute approximate surface area is 167 Å². The average molecular weight is 430 g/mol. The molecule has 12 heteroatoms. The zero-order valence-corrected chi connectivity index (χ0v) is 16.1. The maximum atomic E-state index is 14.2. The molecule has 1 atom stereocenters. The molecule has 7 nitrogen and oxygen atoms in total. The summed E-state index contributed by atoms with van der Waals surface area (Å²) >= 11 is 5.99. The molecule has 0 radical (unpaired) electrons. The molecular formula is C17H16ClF4N7. The molecule has 0 amide bonds. The van der Waals surface area contributed by atoms with Crippen molar-refractivity contribution < 1.29 is 17.6 Å². The second-order valence-corrected chi connectivity index (χ2v) is 7.26. The third-order valence-corrected chi connectivity index (χ3v) is 4.93. The van der Waals surface area contributed by atoms with Crippen LogP contribution in [-0.2, 0) is 5.92 Å². The molecule has 4 rings (SSSR count). The molecule has 1 saturated heterocycles. The second-order valence-electron chi connectivity index (χ2n) is 6.87. The molecule has 1 aliphatic heterocycles. The van der Waals surface area contributed by atoms with E-state index in [-0.39, 0.29) is 23.3 Å². The maximum absolute atomic E-state index is 14.2. The largest absolute Gasteiger partial charge is 0.347 e. The van der Waals surface area contributed by atoms with Gasteiger partial charge in [0.2, 0.25) is 5.82 Å². The molecular weight excluding hydrogens is 414 g/mol. The van der Waals surface area contributed by atoms with Crippen molar-refractivity contribution in [1.82, 2.24) is 30.0 Å². The number of likely N-dealkylation sites (N-methyl/N-ethyl adjacent to an activating group) is 1. The van der Waals surface area contributed by atoms with Crippen LogP contribution in [0.25, 0.3) is 16.7 Å². The normalized spacial score (nSPS) is 19.3. The van der Waals surface area contributed by atoms with Gasteiger partial charge in [-0.25, -0.2) is 28.4 Å². The second kappa shape index (κ2) is 6.77. The molecule has 0 saturated carbocycles. The van der Waals surface area contributed by atoms with Gasteiger partial charge < -0.3 is 10.2 Å². The van der Waals surface area contributed by atoms with Crippen molar-refractivity contribution in [1.29, 1.82) is 0 Å². The van der Waals surface area contributed by atoms with Crippen LogP contribution >= 0.6 is 11.6 Å². The van der Waals surface area contributed by atoms with E-state index in [9.17, 15) is 17.6 Å². The number of nitrogens with one attached hydrogen (secondary N) is 1. The summed E-state index contributed by atoms with van der Waals surface area (Å²) < 4.78 is 57.1. The van der Waals surface area contributed by atoms with Gasteiger partial charge in [-0.1, -0.05) is 11.6 Å². The maximum Gasteiger partial charge on any atom is 0.303 e. The first kappa shape index (κ1) is 19.8. The summed E-state index contributed by atoms with van der Waals surface area (Å²) in [6.45, 7) is 0.152. The monoisotopic (exact) mass is 429 g/mol. The molecule has 29 heavy (non-hydrogen) atoms. The highest BCUT2D eigenvalue weighted by atomic mass is 35.5. The molecule has 1 aliphatic rings. The fourth-order valence-electron chi connectivity index (χ4n) is 3.30. The minimum atomic E-state index is -3.25. The van der Waals surface area contributed by atoms with Gasteiger partial charge in [0.25, 0.3) is 5.92 Å². The summed E-state index contributed by atoms with van der Waals surface area (Å²) in [6, 6.07) is 1.82. The van der Waals surface area contributed by atoms with E-state index in [1.165, 1.54) is 41.2 Å². The number of hydrogen-bond acceptors (Lipinski definition) is 6. The lowest BCUT2D eigenvalue weighted by molar-refractivity contribution is 0.000277. The first-order valence-corrected chi connectivity index (χ1v) is 9.04. The Kier molecular flexibility index (Phi) is 4.61. The smallest absolute Gasteiger partial charge is 0.303 e. The van der Waals surface area contributed by atoms with Crippen LogP contribution in [0, 0.1) is 0 Å². The van der Waals surface area contributed by atoms with Crippen LogP contribution in [0.3, 0.4) is 0 Å². The number of halogens is 5. The molecule has 0 aromatic carbocycles. The van der Waals surface area contributed by atoms with Crippen molar-refractivity contribution in [2.75, 3.05) is 25.0 Å². The van der Waals surface area contributed by atoms with Crippen LogP contribution in [-0.4, -0.2) is 56.8 Å². The van der Waals surface area contributed by atoms with Crippen molar-refractivity contribution in [3.05, 3.63) is 35.5 Å². The van der Waals surface area contributed by atoms with Gasteiger partial charge in [-0.15, -0.1) is 5.10 Å². The van der Waals surface area contributed by atoms with Crippen LogP contribution in [0.1, 0.15) is 12.7 Å². The van der Waals surface area contributed by atoms with E-state index in [2.05, 4.69) is 25.4 Å².